The summed E-state index contributed by atoms with van der Waals surface area (Å²) in [5.41, 5.74) is 4.28. The van der Waals surface area contributed by atoms with Gasteiger partial charge in [0.1, 0.15) is 11.6 Å². The summed E-state index contributed by atoms with van der Waals surface area (Å²) in [6, 6.07) is 14.9. The normalized spacial score (nSPS) is 12.4. The van der Waals surface area contributed by atoms with Crippen LogP contribution in [-0.4, -0.2) is 26.4 Å². The van der Waals surface area contributed by atoms with Gasteiger partial charge in [-0.15, -0.1) is 0 Å². The zero-order valence-corrected chi connectivity index (χ0v) is 22.0. The molecule has 2 heterocycles. The quantitative estimate of drug-likeness (QED) is 0.175. The van der Waals surface area contributed by atoms with Crippen molar-refractivity contribution in [2.24, 2.45) is 5.10 Å². The smallest absolute Gasteiger partial charge is 0.308 e. The van der Waals surface area contributed by atoms with Crippen LogP contribution in [0.2, 0.25) is 0 Å². The van der Waals surface area contributed by atoms with E-state index < -0.39 is 0 Å². The maximum atomic E-state index is 13.4. The molecule has 2 aromatic carbocycles. The minimum Gasteiger partial charge on any atom is -0.427 e. The van der Waals surface area contributed by atoms with Gasteiger partial charge >= 0.3 is 5.97 Å². The molecule has 7 nitrogen and oxygen atoms in total. The van der Waals surface area contributed by atoms with Gasteiger partial charge in [0.2, 0.25) is 0 Å². The Kier molecular flexibility index (Phi) is 7.03. The zero-order valence-electron chi connectivity index (χ0n) is 20.4. The Hall–Kier alpha value is -3.52. The molecule has 0 spiro atoms. The molecule has 0 amide bonds. The first-order valence-corrected chi connectivity index (χ1v) is 12.2. The zero-order chi connectivity index (χ0) is 25.3. The van der Waals surface area contributed by atoms with Gasteiger partial charge in [0.05, 0.1) is 17.1 Å². The summed E-state index contributed by atoms with van der Waals surface area (Å²) in [5, 5.41) is 5.13. The Morgan fingerprint density at radius 2 is 1.89 bits per heavy atom. The van der Waals surface area contributed by atoms with E-state index in [2.05, 4.69) is 32.5 Å². The Balaban J connectivity index is 1.77. The third-order valence-electron chi connectivity index (χ3n) is 6.03. The number of nitrogens with zero attached hydrogens (tertiary/aromatic N) is 4. The van der Waals surface area contributed by atoms with E-state index >= 15 is 0 Å². The van der Waals surface area contributed by atoms with E-state index in [9.17, 15) is 9.59 Å². The molecule has 0 aliphatic rings. The summed E-state index contributed by atoms with van der Waals surface area (Å²) in [6.07, 6.45) is 2.55. The number of rotatable bonds is 6. The van der Waals surface area contributed by atoms with Crippen molar-refractivity contribution >= 4 is 39.0 Å². The van der Waals surface area contributed by atoms with Crippen molar-refractivity contribution in [3.8, 4) is 11.4 Å². The minimum absolute atomic E-state index is 0.0658. The van der Waals surface area contributed by atoms with Crippen LogP contribution in [0.15, 0.2) is 62.9 Å². The van der Waals surface area contributed by atoms with Crippen LogP contribution < -0.4 is 10.3 Å². The average molecular weight is 535 g/mol. The van der Waals surface area contributed by atoms with Crippen LogP contribution in [0.3, 0.4) is 0 Å². The van der Waals surface area contributed by atoms with Gasteiger partial charge in [-0.05, 0) is 68.8 Å². The predicted molar refractivity (Wildman–Crippen MR) is 142 cm³/mol. The second kappa shape index (κ2) is 10.00. The van der Waals surface area contributed by atoms with E-state index in [1.807, 2.05) is 51.1 Å². The fraction of sp³-hybridized carbons (Fsp3) is 0.259. The molecule has 1 atom stereocenters. The number of fused-ring (bicyclic) bond motifs is 1. The molecule has 0 bridgehead atoms. The summed E-state index contributed by atoms with van der Waals surface area (Å²) in [7, 11) is 0. The van der Waals surface area contributed by atoms with Crippen LogP contribution in [0.4, 0.5) is 0 Å². The lowest BCUT2D eigenvalue weighted by Gasteiger charge is -2.14. The molecular formula is C27H27BrN4O3. The largest absolute Gasteiger partial charge is 0.427 e. The SMILES string of the molecule is CC[C@@H](C)c1nc2ccc(Br)cc2c(=O)n1N=Cc1cc(C)n(-c2ccc(OC(C)=O)cc2)c1C. The maximum absolute atomic E-state index is 13.4. The van der Waals surface area contributed by atoms with Crippen LogP contribution >= 0.6 is 15.9 Å². The summed E-state index contributed by atoms with van der Waals surface area (Å²) in [5.74, 6) is 0.847. The van der Waals surface area contributed by atoms with Gasteiger partial charge in [0.15, 0.2) is 0 Å². The second-order valence-corrected chi connectivity index (χ2v) is 9.47. The Morgan fingerprint density at radius 1 is 1.17 bits per heavy atom. The van der Waals surface area contributed by atoms with Crippen LogP contribution in [0.1, 0.15) is 55.9 Å². The number of benzene rings is 2. The number of hydrogen-bond donors (Lipinski definition) is 0. The second-order valence-electron chi connectivity index (χ2n) is 8.55. The van der Waals surface area contributed by atoms with Crippen molar-refractivity contribution < 1.29 is 9.53 Å². The standard InChI is InChI=1S/C27H27BrN4O3/c1-6-16(2)26-30-25-12-7-21(28)14-24(25)27(34)32(26)29-15-20-13-17(3)31(18(20)4)22-8-10-23(11-9-22)35-19(5)33/h7-16H,6H2,1-5H3/t16-/m1/s1. The van der Waals surface area contributed by atoms with Crippen molar-refractivity contribution in [1.29, 1.82) is 0 Å². The number of aromatic nitrogens is 3. The summed E-state index contributed by atoms with van der Waals surface area (Å²) < 4.78 is 9.46. The molecule has 4 rings (SSSR count). The number of esters is 1. The third-order valence-corrected chi connectivity index (χ3v) is 6.52. The Bertz CT molecular complexity index is 1500. The number of hydrogen-bond acceptors (Lipinski definition) is 5. The van der Waals surface area contributed by atoms with Gasteiger partial charge in [-0.2, -0.15) is 9.78 Å². The summed E-state index contributed by atoms with van der Waals surface area (Å²) in [4.78, 5) is 29.3. The molecule has 2 aromatic heterocycles. The summed E-state index contributed by atoms with van der Waals surface area (Å²) >= 11 is 3.44. The molecular weight excluding hydrogens is 508 g/mol. The highest BCUT2D eigenvalue weighted by Gasteiger charge is 2.16. The predicted octanol–water partition coefficient (Wildman–Crippen LogP) is 5.89. The van der Waals surface area contributed by atoms with Gasteiger partial charge in [0, 0.05) is 40.0 Å². The lowest BCUT2D eigenvalue weighted by molar-refractivity contribution is -0.131. The molecule has 0 N–H and O–H groups in total. The molecule has 180 valence electrons. The monoisotopic (exact) mass is 534 g/mol. The number of carbonyl (C=O) groups is 1. The fourth-order valence-electron chi connectivity index (χ4n) is 4.04. The molecule has 4 aromatic rings. The molecule has 0 radical (unpaired) electrons. The molecule has 0 unspecified atom stereocenters. The Morgan fingerprint density at radius 3 is 2.54 bits per heavy atom. The first-order chi connectivity index (χ1) is 16.7. The van der Waals surface area contributed by atoms with E-state index in [0.29, 0.717) is 22.5 Å². The number of halogens is 1. The van der Waals surface area contributed by atoms with Gasteiger partial charge in [0.25, 0.3) is 5.56 Å². The number of ether oxygens (including phenoxy) is 1. The van der Waals surface area contributed by atoms with Crippen LogP contribution in [0.25, 0.3) is 16.6 Å². The highest BCUT2D eigenvalue weighted by atomic mass is 79.9. The summed E-state index contributed by atoms with van der Waals surface area (Å²) in [6.45, 7) is 9.50. The first kappa shape index (κ1) is 24.6. The van der Waals surface area contributed by atoms with Crippen molar-refractivity contribution in [2.45, 2.75) is 47.0 Å². The van der Waals surface area contributed by atoms with Gasteiger partial charge in [-0.25, -0.2) is 4.98 Å². The van der Waals surface area contributed by atoms with E-state index in [1.54, 1.807) is 24.4 Å². The molecule has 0 aliphatic heterocycles. The van der Waals surface area contributed by atoms with Crippen LogP contribution in [0.5, 0.6) is 5.75 Å². The van der Waals surface area contributed by atoms with Crippen LogP contribution in [-0.2, 0) is 4.79 Å². The van der Waals surface area contributed by atoms with Crippen molar-refractivity contribution in [2.75, 3.05) is 0 Å². The maximum Gasteiger partial charge on any atom is 0.308 e. The average Bonchev–Trinajstić information content (AvgIpc) is 3.11. The van der Waals surface area contributed by atoms with Gasteiger partial charge < -0.3 is 9.30 Å². The van der Waals surface area contributed by atoms with E-state index in [-0.39, 0.29) is 17.4 Å². The van der Waals surface area contributed by atoms with Crippen molar-refractivity contribution in [3.05, 3.63) is 86.1 Å². The molecule has 0 saturated heterocycles. The topological polar surface area (TPSA) is 78.5 Å². The lowest BCUT2D eigenvalue weighted by atomic mass is 10.1. The third kappa shape index (κ3) is 4.98. The minimum atomic E-state index is -0.355. The molecule has 0 saturated carbocycles. The number of aryl methyl sites for hydroxylation is 1. The van der Waals surface area contributed by atoms with E-state index in [0.717, 1.165) is 33.5 Å². The van der Waals surface area contributed by atoms with Crippen molar-refractivity contribution in [1.82, 2.24) is 14.2 Å². The van der Waals surface area contributed by atoms with Gasteiger partial charge in [-0.1, -0.05) is 29.8 Å². The fourth-order valence-corrected chi connectivity index (χ4v) is 4.40. The van der Waals surface area contributed by atoms with Crippen LogP contribution in [0, 0.1) is 13.8 Å². The highest BCUT2D eigenvalue weighted by Crippen LogP contribution is 2.23. The van der Waals surface area contributed by atoms with E-state index in [4.69, 9.17) is 9.72 Å². The first-order valence-electron chi connectivity index (χ1n) is 11.4. The Labute approximate surface area is 212 Å². The highest BCUT2D eigenvalue weighted by molar-refractivity contribution is 9.10. The van der Waals surface area contributed by atoms with E-state index in [1.165, 1.54) is 11.6 Å². The molecule has 0 aliphatic carbocycles. The number of carbonyl (C=O) groups excluding carboxylic acids is 1. The molecule has 0 fully saturated rings. The molecule has 35 heavy (non-hydrogen) atoms. The molecule has 8 heteroatoms. The van der Waals surface area contributed by atoms with Gasteiger partial charge in [-0.3, -0.25) is 9.59 Å². The van der Waals surface area contributed by atoms with Crippen molar-refractivity contribution in [3.63, 3.8) is 0 Å². The lowest BCUT2D eigenvalue weighted by Crippen LogP contribution is -2.23.